The lowest BCUT2D eigenvalue weighted by Gasteiger charge is -2.36. The number of urea groups is 1. The lowest BCUT2D eigenvalue weighted by Crippen LogP contribution is -2.41. The number of ether oxygens (including phenoxy) is 2. The van der Waals surface area contributed by atoms with E-state index in [4.69, 9.17) is 14.0 Å². The molecule has 28 heavy (non-hydrogen) atoms. The summed E-state index contributed by atoms with van der Waals surface area (Å²) < 4.78 is 16.2. The molecule has 0 aliphatic carbocycles. The highest BCUT2D eigenvalue weighted by Crippen LogP contribution is 2.49. The Labute approximate surface area is 164 Å². The average Bonchev–Trinajstić information content (AvgIpc) is 3.31. The predicted molar refractivity (Wildman–Crippen MR) is 101 cm³/mol. The first-order valence-corrected chi connectivity index (χ1v) is 9.63. The fraction of sp³-hybridized carbons (Fsp3) is 0.550. The molecule has 0 radical (unpaired) electrons. The maximum atomic E-state index is 12.8. The normalized spacial score (nSPS) is 21.1. The molecule has 0 bridgehead atoms. The number of hydrogen-bond donors (Lipinski definition) is 1. The van der Waals surface area contributed by atoms with Crippen molar-refractivity contribution in [2.24, 2.45) is 5.41 Å². The quantitative estimate of drug-likeness (QED) is 0.868. The van der Waals surface area contributed by atoms with Crippen LogP contribution in [0.2, 0.25) is 0 Å². The molecule has 8 nitrogen and oxygen atoms in total. The highest BCUT2D eigenvalue weighted by atomic mass is 16.5. The Kier molecular flexibility index (Phi) is 5.21. The van der Waals surface area contributed by atoms with Gasteiger partial charge in [-0.15, -0.1) is 0 Å². The number of nitrogens with one attached hydrogen (secondary N) is 1. The Bertz CT molecular complexity index is 814. The molecule has 2 saturated heterocycles. The van der Waals surface area contributed by atoms with Gasteiger partial charge < -0.3 is 24.2 Å². The van der Waals surface area contributed by atoms with Crippen molar-refractivity contribution in [1.29, 1.82) is 0 Å². The molecule has 3 heterocycles. The first-order chi connectivity index (χ1) is 13.6. The van der Waals surface area contributed by atoms with E-state index in [1.165, 1.54) is 0 Å². The van der Waals surface area contributed by atoms with Crippen LogP contribution in [0.1, 0.15) is 36.0 Å². The number of carbonyl (C=O) groups excluding carboxylic acids is 1. The van der Waals surface area contributed by atoms with Gasteiger partial charge in [-0.25, -0.2) is 4.79 Å². The topological polar surface area (TPSA) is 89.7 Å². The maximum Gasteiger partial charge on any atom is 0.317 e. The standard InChI is InChI=1S/C20H26N4O4/c1-14-22-18(28-23-14)17-12-24(13-20(17)7-9-27-10-8-20)19(25)21-11-15-3-5-16(26-2)6-4-15/h3-6,17H,7-13H2,1-2H3,(H,21,25). The lowest BCUT2D eigenvalue weighted by molar-refractivity contribution is 0.00942. The molecule has 2 aromatic rings. The minimum Gasteiger partial charge on any atom is -0.497 e. The zero-order chi connectivity index (χ0) is 19.6. The van der Waals surface area contributed by atoms with Crippen LogP contribution in [-0.2, 0) is 11.3 Å². The fourth-order valence-electron chi connectivity index (χ4n) is 4.24. The number of methoxy groups -OCH3 is 1. The van der Waals surface area contributed by atoms with Crippen molar-refractivity contribution in [2.75, 3.05) is 33.4 Å². The number of aromatic nitrogens is 2. The van der Waals surface area contributed by atoms with Gasteiger partial charge in [0.05, 0.1) is 13.0 Å². The van der Waals surface area contributed by atoms with Crippen LogP contribution in [0.25, 0.3) is 0 Å². The Morgan fingerprint density at radius 3 is 2.71 bits per heavy atom. The molecule has 4 rings (SSSR count). The van der Waals surface area contributed by atoms with Gasteiger partial charge in [0.1, 0.15) is 5.75 Å². The van der Waals surface area contributed by atoms with Crippen molar-refractivity contribution in [3.63, 3.8) is 0 Å². The summed E-state index contributed by atoms with van der Waals surface area (Å²) in [7, 11) is 1.64. The molecule has 150 valence electrons. The summed E-state index contributed by atoms with van der Waals surface area (Å²) in [5, 5.41) is 6.98. The van der Waals surface area contributed by atoms with E-state index in [1.54, 1.807) is 7.11 Å². The van der Waals surface area contributed by atoms with Crippen molar-refractivity contribution in [2.45, 2.75) is 32.2 Å². The van der Waals surface area contributed by atoms with Crippen LogP contribution < -0.4 is 10.1 Å². The second-order valence-corrected chi connectivity index (χ2v) is 7.59. The molecule has 2 aliphatic rings. The molecule has 1 atom stereocenters. The molecular weight excluding hydrogens is 360 g/mol. The maximum absolute atomic E-state index is 12.8. The largest absolute Gasteiger partial charge is 0.497 e. The van der Waals surface area contributed by atoms with Crippen molar-refractivity contribution in [3.05, 3.63) is 41.5 Å². The predicted octanol–water partition coefficient (Wildman–Crippen LogP) is 2.49. The Hall–Kier alpha value is -2.61. The van der Waals surface area contributed by atoms with Gasteiger partial charge in [-0.2, -0.15) is 4.98 Å². The molecular formula is C20H26N4O4. The van der Waals surface area contributed by atoms with Crippen LogP contribution in [0.3, 0.4) is 0 Å². The van der Waals surface area contributed by atoms with Crippen LogP contribution >= 0.6 is 0 Å². The van der Waals surface area contributed by atoms with Crippen LogP contribution in [0.5, 0.6) is 5.75 Å². The zero-order valence-electron chi connectivity index (χ0n) is 16.3. The van der Waals surface area contributed by atoms with Gasteiger partial charge in [-0.3, -0.25) is 0 Å². The first-order valence-electron chi connectivity index (χ1n) is 9.63. The Morgan fingerprint density at radius 2 is 2.07 bits per heavy atom. The van der Waals surface area contributed by atoms with E-state index in [1.807, 2.05) is 36.1 Å². The molecule has 8 heteroatoms. The molecule has 0 saturated carbocycles. The Balaban J connectivity index is 1.44. The summed E-state index contributed by atoms with van der Waals surface area (Å²) >= 11 is 0. The van der Waals surface area contributed by atoms with Gasteiger partial charge in [-0.1, -0.05) is 17.3 Å². The second-order valence-electron chi connectivity index (χ2n) is 7.59. The van der Waals surface area contributed by atoms with E-state index < -0.39 is 0 Å². The van der Waals surface area contributed by atoms with Gasteiger partial charge in [0, 0.05) is 38.3 Å². The SMILES string of the molecule is COc1ccc(CNC(=O)N2CC(c3nc(C)no3)C3(CCOCC3)C2)cc1. The minimum absolute atomic E-state index is 0.0457. The molecule has 1 aromatic carbocycles. The van der Waals surface area contributed by atoms with E-state index in [9.17, 15) is 4.79 Å². The van der Waals surface area contributed by atoms with Crippen LogP contribution in [0.15, 0.2) is 28.8 Å². The van der Waals surface area contributed by atoms with Gasteiger partial charge in [0.15, 0.2) is 5.82 Å². The molecule has 2 fully saturated rings. The molecule has 1 spiro atoms. The zero-order valence-corrected chi connectivity index (χ0v) is 16.3. The third-order valence-electron chi connectivity index (χ3n) is 5.87. The molecule has 2 amide bonds. The van der Waals surface area contributed by atoms with Gasteiger partial charge >= 0.3 is 6.03 Å². The summed E-state index contributed by atoms with van der Waals surface area (Å²) in [5.74, 6) is 2.10. The van der Waals surface area contributed by atoms with Crippen molar-refractivity contribution in [1.82, 2.24) is 20.4 Å². The fourth-order valence-corrected chi connectivity index (χ4v) is 4.24. The average molecular weight is 386 g/mol. The van der Waals surface area contributed by atoms with E-state index >= 15 is 0 Å². The third kappa shape index (κ3) is 3.69. The second kappa shape index (κ2) is 7.79. The number of rotatable bonds is 4. The first kappa shape index (κ1) is 18.7. The highest BCUT2D eigenvalue weighted by Gasteiger charge is 2.51. The van der Waals surface area contributed by atoms with Gasteiger partial charge in [0.2, 0.25) is 5.89 Å². The lowest BCUT2D eigenvalue weighted by atomic mass is 9.72. The van der Waals surface area contributed by atoms with Crippen molar-refractivity contribution in [3.8, 4) is 5.75 Å². The number of benzene rings is 1. The summed E-state index contributed by atoms with van der Waals surface area (Å²) in [6, 6.07) is 7.62. The summed E-state index contributed by atoms with van der Waals surface area (Å²) in [6.07, 6.45) is 1.78. The smallest absolute Gasteiger partial charge is 0.317 e. The van der Waals surface area contributed by atoms with E-state index in [-0.39, 0.29) is 17.4 Å². The molecule has 1 unspecified atom stereocenters. The van der Waals surface area contributed by atoms with Gasteiger partial charge in [-0.05, 0) is 37.5 Å². The molecule has 1 N–H and O–H groups in total. The number of hydrogen-bond acceptors (Lipinski definition) is 6. The summed E-state index contributed by atoms with van der Waals surface area (Å²) in [4.78, 5) is 19.2. The van der Waals surface area contributed by atoms with Crippen LogP contribution in [0.4, 0.5) is 4.79 Å². The van der Waals surface area contributed by atoms with Gasteiger partial charge in [0.25, 0.3) is 0 Å². The number of aryl methyl sites for hydroxylation is 1. The molecule has 1 aromatic heterocycles. The Morgan fingerprint density at radius 1 is 1.32 bits per heavy atom. The van der Waals surface area contributed by atoms with Crippen molar-refractivity contribution < 1.29 is 18.8 Å². The summed E-state index contributed by atoms with van der Waals surface area (Å²) in [5.41, 5.74) is 0.965. The highest BCUT2D eigenvalue weighted by molar-refractivity contribution is 5.74. The van der Waals surface area contributed by atoms with E-state index in [0.717, 1.165) is 24.2 Å². The number of nitrogens with zero attached hydrogens (tertiary/aromatic N) is 3. The summed E-state index contributed by atoms with van der Waals surface area (Å²) in [6.45, 7) is 4.94. The number of carbonyl (C=O) groups is 1. The van der Waals surface area contributed by atoms with E-state index in [0.29, 0.717) is 44.6 Å². The number of likely N-dealkylation sites (tertiary alicyclic amines) is 1. The minimum atomic E-state index is -0.0691. The van der Waals surface area contributed by atoms with Crippen LogP contribution in [0, 0.1) is 12.3 Å². The molecule has 2 aliphatic heterocycles. The third-order valence-corrected chi connectivity index (χ3v) is 5.87. The number of amides is 2. The van der Waals surface area contributed by atoms with Crippen LogP contribution in [-0.4, -0.2) is 54.5 Å². The monoisotopic (exact) mass is 386 g/mol. The van der Waals surface area contributed by atoms with Crippen molar-refractivity contribution >= 4 is 6.03 Å². The van der Waals surface area contributed by atoms with E-state index in [2.05, 4.69) is 15.5 Å².